The van der Waals surface area contributed by atoms with E-state index in [1.165, 1.54) is 6.20 Å². The lowest BCUT2D eigenvalue weighted by Gasteiger charge is -2.22. The van der Waals surface area contributed by atoms with E-state index in [0.29, 0.717) is 29.9 Å². The van der Waals surface area contributed by atoms with Gasteiger partial charge in [-0.15, -0.1) is 0 Å². The zero-order valence-corrected chi connectivity index (χ0v) is 18.1. The molecular weight excluding hydrogens is 391 g/mol. The first kappa shape index (κ1) is 21.0. The van der Waals surface area contributed by atoms with Crippen molar-refractivity contribution in [1.29, 1.82) is 0 Å². The monoisotopic (exact) mass is 416 g/mol. The van der Waals surface area contributed by atoms with Crippen LogP contribution in [-0.4, -0.2) is 26.1 Å². The Balaban J connectivity index is 2.32. The molecule has 0 saturated carbocycles. The molecule has 2 aromatic carbocycles. The molecule has 0 fully saturated rings. The summed E-state index contributed by atoms with van der Waals surface area (Å²) in [4.78, 5) is 14.7. The lowest BCUT2D eigenvalue weighted by atomic mass is 10.1. The fraction of sp³-hybridized carbons (Fsp3) is 0.318. The maximum Gasteiger partial charge on any atom is 0.212 e. The van der Waals surface area contributed by atoms with Crippen molar-refractivity contribution in [2.45, 2.75) is 37.5 Å². The molecule has 3 rings (SSSR count). The van der Waals surface area contributed by atoms with Gasteiger partial charge in [-0.25, -0.2) is 12.8 Å². The SMILES string of the molecule is CCN(CC)c1cc2c(cc1F)c(=O)c(S(=O)(=O)c1cc(C)ccc1C)cn2C. The van der Waals surface area contributed by atoms with E-state index < -0.39 is 21.1 Å². The number of hydrogen-bond acceptors (Lipinski definition) is 4. The van der Waals surface area contributed by atoms with Gasteiger partial charge >= 0.3 is 0 Å². The van der Waals surface area contributed by atoms with Crippen molar-refractivity contribution in [3.05, 3.63) is 63.7 Å². The molecule has 1 heterocycles. The molecule has 0 spiro atoms. The maximum absolute atomic E-state index is 14.8. The number of pyridine rings is 1. The first-order valence-electron chi connectivity index (χ1n) is 9.52. The van der Waals surface area contributed by atoms with E-state index in [9.17, 15) is 17.6 Å². The molecule has 7 heteroatoms. The number of hydrogen-bond donors (Lipinski definition) is 0. The van der Waals surface area contributed by atoms with Crippen LogP contribution in [0.5, 0.6) is 0 Å². The molecule has 0 radical (unpaired) electrons. The van der Waals surface area contributed by atoms with Gasteiger partial charge in [0.2, 0.25) is 15.3 Å². The van der Waals surface area contributed by atoms with Crippen LogP contribution in [0.3, 0.4) is 0 Å². The highest BCUT2D eigenvalue weighted by molar-refractivity contribution is 7.91. The standard InChI is InChI=1S/C22H25FN2O3S/c1-6-25(7-2)19-12-18-16(11-17(19)23)22(26)21(13-24(18)5)29(27,28)20-10-14(3)8-9-15(20)4/h8-13H,6-7H2,1-5H3. The van der Waals surface area contributed by atoms with E-state index >= 15 is 0 Å². The second-order valence-corrected chi connectivity index (χ2v) is 9.09. The van der Waals surface area contributed by atoms with Gasteiger partial charge in [0.1, 0.15) is 10.7 Å². The van der Waals surface area contributed by atoms with E-state index in [2.05, 4.69) is 0 Å². The Morgan fingerprint density at radius 2 is 1.69 bits per heavy atom. The Morgan fingerprint density at radius 1 is 1.03 bits per heavy atom. The van der Waals surface area contributed by atoms with Crippen molar-refractivity contribution in [3.8, 4) is 0 Å². The quantitative estimate of drug-likeness (QED) is 0.631. The number of aromatic nitrogens is 1. The molecule has 5 nitrogen and oxygen atoms in total. The van der Waals surface area contributed by atoms with Crippen molar-refractivity contribution >= 4 is 26.4 Å². The zero-order chi connectivity index (χ0) is 21.5. The van der Waals surface area contributed by atoms with Gasteiger partial charge in [-0.3, -0.25) is 4.79 Å². The third-order valence-electron chi connectivity index (χ3n) is 5.25. The normalized spacial score (nSPS) is 11.8. The van der Waals surface area contributed by atoms with Crippen molar-refractivity contribution in [2.24, 2.45) is 7.05 Å². The number of aryl methyl sites for hydroxylation is 3. The van der Waals surface area contributed by atoms with E-state index in [1.54, 1.807) is 43.7 Å². The van der Waals surface area contributed by atoms with Crippen LogP contribution >= 0.6 is 0 Å². The van der Waals surface area contributed by atoms with E-state index in [0.717, 1.165) is 11.6 Å². The highest BCUT2D eigenvalue weighted by atomic mass is 32.2. The number of nitrogens with zero attached hydrogens (tertiary/aromatic N) is 2. The predicted octanol–water partition coefficient (Wildman–Crippen LogP) is 3.97. The second-order valence-electron chi connectivity index (χ2n) is 7.20. The highest BCUT2D eigenvalue weighted by Gasteiger charge is 2.26. The summed E-state index contributed by atoms with van der Waals surface area (Å²) in [6.45, 7) is 8.56. The number of halogens is 1. The second kappa shape index (κ2) is 7.63. The van der Waals surface area contributed by atoms with Gasteiger partial charge in [0.25, 0.3) is 0 Å². The van der Waals surface area contributed by atoms with Crippen molar-refractivity contribution in [2.75, 3.05) is 18.0 Å². The van der Waals surface area contributed by atoms with Crippen LogP contribution in [-0.2, 0) is 16.9 Å². The summed E-state index contributed by atoms with van der Waals surface area (Å²) in [5.74, 6) is -0.542. The van der Waals surface area contributed by atoms with Crippen LogP contribution in [0.25, 0.3) is 10.9 Å². The van der Waals surface area contributed by atoms with Crippen molar-refractivity contribution in [3.63, 3.8) is 0 Å². The number of anilines is 1. The molecule has 0 aliphatic carbocycles. The van der Waals surface area contributed by atoms with Gasteiger partial charge in [-0.05, 0) is 57.0 Å². The minimum atomic E-state index is -4.05. The molecule has 0 aliphatic heterocycles. The Hall–Kier alpha value is -2.67. The summed E-state index contributed by atoms with van der Waals surface area (Å²) >= 11 is 0. The van der Waals surface area contributed by atoms with Crippen LogP contribution in [0.1, 0.15) is 25.0 Å². The molecule has 0 N–H and O–H groups in total. The molecule has 154 valence electrons. The molecule has 29 heavy (non-hydrogen) atoms. The van der Waals surface area contributed by atoms with Gasteiger partial charge in [0.15, 0.2) is 0 Å². The molecular formula is C22H25FN2O3S. The minimum Gasteiger partial charge on any atom is -0.370 e. The Kier molecular flexibility index (Phi) is 5.54. The largest absolute Gasteiger partial charge is 0.370 e. The van der Waals surface area contributed by atoms with Crippen LogP contribution in [0.4, 0.5) is 10.1 Å². The van der Waals surface area contributed by atoms with Gasteiger partial charge in [0, 0.05) is 26.3 Å². The molecule has 0 aliphatic rings. The number of benzene rings is 2. The van der Waals surface area contributed by atoms with Crippen molar-refractivity contribution in [1.82, 2.24) is 4.57 Å². The Morgan fingerprint density at radius 3 is 2.31 bits per heavy atom. The maximum atomic E-state index is 14.8. The Bertz CT molecular complexity index is 1260. The number of rotatable bonds is 5. The topological polar surface area (TPSA) is 59.4 Å². The molecule has 0 saturated heterocycles. The molecule has 0 amide bonds. The third kappa shape index (κ3) is 3.55. The summed E-state index contributed by atoms with van der Waals surface area (Å²) in [6.07, 6.45) is 1.33. The summed E-state index contributed by atoms with van der Waals surface area (Å²) in [5, 5.41) is 0.0484. The van der Waals surface area contributed by atoms with Gasteiger partial charge in [-0.2, -0.15) is 0 Å². The van der Waals surface area contributed by atoms with E-state index in [-0.39, 0.29) is 15.2 Å². The first-order chi connectivity index (χ1) is 13.6. The fourth-order valence-electron chi connectivity index (χ4n) is 3.57. The molecule has 0 atom stereocenters. The van der Waals surface area contributed by atoms with Gasteiger partial charge < -0.3 is 9.47 Å². The summed E-state index contributed by atoms with van der Waals surface area (Å²) in [5.41, 5.74) is 1.52. The van der Waals surface area contributed by atoms with Crippen LogP contribution in [0, 0.1) is 19.7 Å². The summed E-state index contributed by atoms with van der Waals surface area (Å²) < 4.78 is 42.9. The molecule has 0 unspecified atom stereocenters. The minimum absolute atomic E-state index is 0.0484. The smallest absolute Gasteiger partial charge is 0.212 e. The van der Waals surface area contributed by atoms with Gasteiger partial charge in [-0.1, -0.05) is 12.1 Å². The van der Waals surface area contributed by atoms with Crippen molar-refractivity contribution < 1.29 is 12.8 Å². The average Bonchev–Trinajstić information content (AvgIpc) is 2.68. The predicted molar refractivity (Wildman–Crippen MR) is 114 cm³/mol. The highest BCUT2D eigenvalue weighted by Crippen LogP contribution is 2.28. The molecule has 0 bridgehead atoms. The van der Waals surface area contributed by atoms with Crippen LogP contribution in [0.15, 0.2) is 51.1 Å². The van der Waals surface area contributed by atoms with E-state index in [4.69, 9.17) is 0 Å². The zero-order valence-electron chi connectivity index (χ0n) is 17.3. The number of sulfone groups is 1. The summed E-state index contributed by atoms with van der Waals surface area (Å²) in [6, 6.07) is 7.83. The molecule has 3 aromatic rings. The number of fused-ring (bicyclic) bond motifs is 1. The third-order valence-corrected chi connectivity index (χ3v) is 7.14. The first-order valence-corrected chi connectivity index (χ1v) is 11.0. The van der Waals surface area contributed by atoms with Crippen LogP contribution < -0.4 is 10.3 Å². The molecule has 1 aromatic heterocycles. The van der Waals surface area contributed by atoms with Crippen LogP contribution in [0.2, 0.25) is 0 Å². The van der Waals surface area contributed by atoms with E-state index in [1.807, 2.05) is 24.8 Å². The lowest BCUT2D eigenvalue weighted by Crippen LogP contribution is -2.24. The average molecular weight is 417 g/mol. The summed E-state index contributed by atoms with van der Waals surface area (Å²) in [7, 11) is -2.39. The fourth-order valence-corrected chi connectivity index (χ4v) is 5.30. The van der Waals surface area contributed by atoms with Gasteiger partial charge in [0.05, 0.1) is 21.5 Å². The Labute approximate surface area is 170 Å². The lowest BCUT2D eigenvalue weighted by molar-refractivity contribution is 0.593.